The molecule has 0 atom stereocenters. The van der Waals surface area contributed by atoms with Crippen LogP contribution in [0.1, 0.15) is 20.4 Å². The van der Waals surface area contributed by atoms with Crippen molar-refractivity contribution in [2.75, 3.05) is 26.8 Å². The third-order valence-electron chi connectivity index (χ3n) is 2.91. The molecule has 0 aromatic carbocycles. The van der Waals surface area contributed by atoms with Crippen LogP contribution in [0, 0.1) is 0 Å². The van der Waals surface area contributed by atoms with E-state index in [2.05, 4.69) is 4.98 Å². The number of ether oxygens (including phenoxy) is 1. The number of carbonyl (C=O) groups is 1. The molecule has 0 spiro atoms. The van der Waals surface area contributed by atoms with Gasteiger partial charge in [0.15, 0.2) is 0 Å². The summed E-state index contributed by atoms with van der Waals surface area (Å²) in [5.74, 6) is -0.0556. The fourth-order valence-electron chi connectivity index (χ4n) is 1.85. The van der Waals surface area contributed by atoms with E-state index in [1.54, 1.807) is 23.3 Å². The van der Waals surface area contributed by atoms with Crippen molar-refractivity contribution in [2.24, 2.45) is 5.73 Å². The average molecular weight is 325 g/mol. The lowest BCUT2D eigenvalue weighted by Crippen LogP contribution is -2.33. The minimum atomic E-state index is -0.0556. The van der Waals surface area contributed by atoms with Crippen LogP contribution < -0.4 is 5.73 Å². The molecule has 2 aromatic heterocycles. The number of methoxy groups -OCH3 is 1. The molecule has 21 heavy (non-hydrogen) atoms. The molecule has 0 bridgehead atoms. The number of hydrogen-bond acceptors (Lipinski definition) is 6. The summed E-state index contributed by atoms with van der Waals surface area (Å²) in [4.78, 5) is 19.9. The number of thiazole rings is 1. The molecule has 0 aliphatic carbocycles. The van der Waals surface area contributed by atoms with Gasteiger partial charge in [0.2, 0.25) is 0 Å². The Kier molecular flexibility index (Phi) is 6.31. The van der Waals surface area contributed by atoms with E-state index in [9.17, 15) is 4.79 Å². The topological polar surface area (TPSA) is 68.5 Å². The van der Waals surface area contributed by atoms with Gasteiger partial charge in [0, 0.05) is 30.3 Å². The molecule has 0 aliphatic heterocycles. The normalized spacial score (nSPS) is 10.8. The molecule has 0 radical (unpaired) electrons. The van der Waals surface area contributed by atoms with Gasteiger partial charge in [0.1, 0.15) is 5.69 Å². The zero-order valence-electron chi connectivity index (χ0n) is 11.9. The molecule has 1 amide bonds. The molecule has 2 aromatic rings. The standard InChI is InChI=1S/C14H19N3O2S2/c1-19-7-6-17(9-11-3-2-8-20-11)14(18)12-10-21-13(16-12)4-5-15/h2-3,8,10H,4-7,9,15H2,1H3. The first kappa shape index (κ1) is 16.1. The van der Waals surface area contributed by atoms with E-state index in [4.69, 9.17) is 10.5 Å². The SMILES string of the molecule is COCCN(Cc1cccs1)C(=O)c1csc(CCN)n1. The predicted molar refractivity (Wildman–Crippen MR) is 85.8 cm³/mol. The summed E-state index contributed by atoms with van der Waals surface area (Å²) in [5.41, 5.74) is 6.01. The number of nitrogens with two attached hydrogens (primary N) is 1. The van der Waals surface area contributed by atoms with E-state index in [1.165, 1.54) is 11.3 Å². The Morgan fingerprint density at radius 1 is 1.48 bits per heavy atom. The summed E-state index contributed by atoms with van der Waals surface area (Å²) in [6, 6.07) is 4.01. The van der Waals surface area contributed by atoms with Crippen LogP contribution in [0.2, 0.25) is 0 Å². The van der Waals surface area contributed by atoms with Crippen LogP contribution in [0.25, 0.3) is 0 Å². The molecule has 0 unspecified atom stereocenters. The molecule has 5 nitrogen and oxygen atoms in total. The van der Waals surface area contributed by atoms with Gasteiger partial charge in [-0.15, -0.1) is 22.7 Å². The highest BCUT2D eigenvalue weighted by Gasteiger charge is 2.19. The Morgan fingerprint density at radius 2 is 2.33 bits per heavy atom. The van der Waals surface area contributed by atoms with Crippen LogP contribution in [-0.2, 0) is 17.7 Å². The fraction of sp³-hybridized carbons (Fsp3) is 0.429. The summed E-state index contributed by atoms with van der Waals surface area (Å²) in [6.45, 7) is 2.20. The maximum absolute atomic E-state index is 12.6. The van der Waals surface area contributed by atoms with Gasteiger partial charge in [-0.1, -0.05) is 6.07 Å². The summed E-state index contributed by atoms with van der Waals surface area (Å²) in [6.07, 6.45) is 0.709. The van der Waals surface area contributed by atoms with Gasteiger partial charge in [0.05, 0.1) is 18.2 Å². The van der Waals surface area contributed by atoms with E-state index in [0.29, 0.717) is 38.4 Å². The highest BCUT2D eigenvalue weighted by Crippen LogP contribution is 2.16. The van der Waals surface area contributed by atoms with Crippen molar-refractivity contribution in [3.8, 4) is 0 Å². The van der Waals surface area contributed by atoms with Crippen LogP contribution in [0.3, 0.4) is 0 Å². The maximum Gasteiger partial charge on any atom is 0.273 e. The van der Waals surface area contributed by atoms with Gasteiger partial charge < -0.3 is 15.4 Å². The van der Waals surface area contributed by atoms with Crippen LogP contribution in [-0.4, -0.2) is 42.6 Å². The fourth-order valence-corrected chi connectivity index (χ4v) is 3.36. The second-order valence-corrected chi connectivity index (χ2v) is 6.44. The Bertz CT molecular complexity index is 554. The van der Waals surface area contributed by atoms with Crippen molar-refractivity contribution in [2.45, 2.75) is 13.0 Å². The van der Waals surface area contributed by atoms with E-state index < -0.39 is 0 Å². The van der Waals surface area contributed by atoms with Crippen molar-refractivity contribution in [1.29, 1.82) is 0 Å². The van der Waals surface area contributed by atoms with E-state index in [0.717, 1.165) is 9.88 Å². The summed E-state index contributed by atoms with van der Waals surface area (Å²) in [5, 5.41) is 4.72. The lowest BCUT2D eigenvalue weighted by atomic mass is 10.3. The van der Waals surface area contributed by atoms with E-state index in [-0.39, 0.29) is 5.91 Å². The molecule has 0 saturated heterocycles. The lowest BCUT2D eigenvalue weighted by Gasteiger charge is -2.20. The minimum absolute atomic E-state index is 0.0556. The van der Waals surface area contributed by atoms with Crippen molar-refractivity contribution < 1.29 is 9.53 Å². The molecule has 2 N–H and O–H groups in total. The number of carbonyl (C=O) groups excluding carboxylic acids is 1. The van der Waals surface area contributed by atoms with Gasteiger partial charge in [-0.3, -0.25) is 4.79 Å². The van der Waals surface area contributed by atoms with Crippen LogP contribution >= 0.6 is 22.7 Å². The first-order valence-corrected chi connectivity index (χ1v) is 8.45. The van der Waals surface area contributed by atoms with Crippen LogP contribution in [0.4, 0.5) is 0 Å². The number of aromatic nitrogens is 1. The van der Waals surface area contributed by atoms with E-state index in [1.807, 2.05) is 22.9 Å². The number of thiophene rings is 1. The highest BCUT2D eigenvalue weighted by molar-refractivity contribution is 7.10. The third kappa shape index (κ3) is 4.60. The minimum Gasteiger partial charge on any atom is -0.383 e. The molecular formula is C14H19N3O2S2. The molecule has 2 rings (SSSR count). The van der Waals surface area contributed by atoms with Gasteiger partial charge in [-0.25, -0.2) is 4.98 Å². The first-order chi connectivity index (χ1) is 10.2. The predicted octanol–water partition coefficient (Wildman–Crippen LogP) is 1.99. The van der Waals surface area contributed by atoms with Crippen molar-refractivity contribution in [1.82, 2.24) is 9.88 Å². The smallest absolute Gasteiger partial charge is 0.273 e. The largest absolute Gasteiger partial charge is 0.383 e. The molecule has 2 heterocycles. The number of rotatable bonds is 8. The molecular weight excluding hydrogens is 306 g/mol. The van der Waals surface area contributed by atoms with Gasteiger partial charge in [0.25, 0.3) is 5.91 Å². The molecule has 7 heteroatoms. The quantitative estimate of drug-likeness (QED) is 0.806. The molecule has 0 saturated carbocycles. The second kappa shape index (κ2) is 8.23. The highest BCUT2D eigenvalue weighted by atomic mass is 32.1. The number of nitrogens with zero attached hydrogens (tertiary/aromatic N) is 2. The number of hydrogen-bond donors (Lipinski definition) is 1. The van der Waals surface area contributed by atoms with Crippen LogP contribution in [0.15, 0.2) is 22.9 Å². The summed E-state index contributed by atoms with van der Waals surface area (Å²) >= 11 is 3.13. The molecule has 114 valence electrons. The average Bonchev–Trinajstić information content (AvgIpc) is 3.14. The zero-order valence-corrected chi connectivity index (χ0v) is 13.6. The third-order valence-corrected chi connectivity index (χ3v) is 4.68. The van der Waals surface area contributed by atoms with Gasteiger partial charge in [-0.05, 0) is 18.0 Å². The van der Waals surface area contributed by atoms with Crippen LogP contribution in [0.5, 0.6) is 0 Å². The summed E-state index contributed by atoms with van der Waals surface area (Å²) < 4.78 is 5.10. The Morgan fingerprint density at radius 3 is 3.00 bits per heavy atom. The van der Waals surface area contributed by atoms with Gasteiger partial charge in [-0.2, -0.15) is 0 Å². The summed E-state index contributed by atoms with van der Waals surface area (Å²) in [7, 11) is 1.63. The molecule has 0 fully saturated rings. The van der Waals surface area contributed by atoms with Crippen molar-refractivity contribution in [3.05, 3.63) is 38.5 Å². The Labute approximate surface area is 132 Å². The number of amides is 1. The van der Waals surface area contributed by atoms with Gasteiger partial charge >= 0.3 is 0 Å². The second-order valence-electron chi connectivity index (χ2n) is 4.46. The maximum atomic E-state index is 12.6. The van der Waals surface area contributed by atoms with E-state index >= 15 is 0 Å². The molecule has 0 aliphatic rings. The first-order valence-electron chi connectivity index (χ1n) is 6.69. The Balaban J connectivity index is 2.08. The Hall–Kier alpha value is -1.28. The zero-order chi connectivity index (χ0) is 15.1. The monoisotopic (exact) mass is 325 g/mol. The van der Waals surface area contributed by atoms with Crippen molar-refractivity contribution in [3.63, 3.8) is 0 Å². The lowest BCUT2D eigenvalue weighted by molar-refractivity contribution is 0.0677. The van der Waals surface area contributed by atoms with Crippen molar-refractivity contribution >= 4 is 28.6 Å².